The van der Waals surface area contributed by atoms with Crippen LogP contribution in [0.25, 0.3) is 6.08 Å². The molecular weight excluding hydrogens is 440 g/mol. The summed E-state index contributed by atoms with van der Waals surface area (Å²) in [5.74, 6) is 0.163. The molecule has 3 aromatic rings. The fraction of sp³-hybridized carbons (Fsp3) is 0.154. The summed E-state index contributed by atoms with van der Waals surface area (Å²) < 4.78 is 10.6. The molecule has 0 atom stereocenters. The van der Waals surface area contributed by atoms with Gasteiger partial charge in [0.05, 0.1) is 14.2 Å². The second-order valence-corrected chi connectivity index (χ2v) is 7.90. The van der Waals surface area contributed by atoms with E-state index in [1.54, 1.807) is 55.7 Å². The van der Waals surface area contributed by atoms with E-state index in [1.165, 1.54) is 7.11 Å². The zero-order valence-corrected chi connectivity index (χ0v) is 19.6. The van der Waals surface area contributed by atoms with E-state index in [0.29, 0.717) is 33.3 Å². The first-order valence-electron chi connectivity index (χ1n) is 10.2. The third-order valence-electron chi connectivity index (χ3n) is 4.80. The number of hydrogen-bond acceptors (Lipinski definition) is 4. The molecule has 33 heavy (non-hydrogen) atoms. The summed E-state index contributed by atoms with van der Waals surface area (Å²) in [5, 5.41) is 6.09. The normalized spacial score (nSPS) is 11.0. The molecule has 0 aromatic heterocycles. The van der Waals surface area contributed by atoms with Gasteiger partial charge in [0.2, 0.25) is 0 Å². The van der Waals surface area contributed by atoms with Crippen LogP contribution in [0.15, 0.2) is 66.4 Å². The van der Waals surface area contributed by atoms with Crippen molar-refractivity contribution in [1.29, 1.82) is 0 Å². The predicted molar refractivity (Wildman–Crippen MR) is 131 cm³/mol. The van der Waals surface area contributed by atoms with Crippen LogP contribution in [-0.2, 0) is 4.79 Å². The Labute approximate surface area is 198 Å². The first-order valence-corrected chi connectivity index (χ1v) is 10.6. The minimum atomic E-state index is -0.461. The molecule has 0 heterocycles. The highest BCUT2D eigenvalue weighted by atomic mass is 35.5. The second kappa shape index (κ2) is 10.7. The Kier molecular flexibility index (Phi) is 7.74. The molecule has 0 unspecified atom stereocenters. The number of amides is 2. The highest BCUT2D eigenvalue weighted by Gasteiger charge is 2.16. The van der Waals surface area contributed by atoms with E-state index < -0.39 is 11.8 Å². The summed E-state index contributed by atoms with van der Waals surface area (Å²) in [7, 11) is 3.07. The zero-order chi connectivity index (χ0) is 24.0. The van der Waals surface area contributed by atoms with Crippen LogP contribution in [0.2, 0.25) is 5.02 Å². The van der Waals surface area contributed by atoms with Gasteiger partial charge in [-0.25, -0.2) is 0 Å². The topological polar surface area (TPSA) is 76.7 Å². The standard InChI is InChI=1S/C26H25ClN2O4/c1-16-11-17(2)13-21(12-16)28-26(31)22(29-25(30)19-6-8-20(27)9-7-19)14-18-5-10-23(32-3)24(15-18)33-4/h5-15H,1-4H3,(H,28,31)(H,29,30). The van der Waals surface area contributed by atoms with Crippen LogP contribution in [0.5, 0.6) is 11.5 Å². The number of anilines is 1. The van der Waals surface area contributed by atoms with Gasteiger partial charge in [-0.05, 0) is 85.1 Å². The van der Waals surface area contributed by atoms with Gasteiger partial charge in [-0.15, -0.1) is 0 Å². The molecule has 2 amide bonds. The van der Waals surface area contributed by atoms with Gasteiger partial charge >= 0.3 is 0 Å². The first kappa shape index (κ1) is 23.9. The Morgan fingerprint density at radius 2 is 1.48 bits per heavy atom. The van der Waals surface area contributed by atoms with Crippen molar-refractivity contribution in [3.05, 3.63) is 93.6 Å². The van der Waals surface area contributed by atoms with Crippen LogP contribution < -0.4 is 20.1 Å². The number of ether oxygens (including phenoxy) is 2. The maximum absolute atomic E-state index is 13.2. The maximum atomic E-state index is 13.2. The van der Waals surface area contributed by atoms with Crippen LogP contribution in [0.3, 0.4) is 0 Å². The van der Waals surface area contributed by atoms with Crippen molar-refractivity contribution in [1.82, 2.24) is 5.32 Å². The number of halogens is 1. The summed E-state index contributed by atoms with van der Waals surface area (Å²) in [5.41, 5.74) is 3.76. The predicted octanol–water partition coefficient (Wildman–Crippen LogP) is 5.38. The number of benzene rings is 3. The van der Waals surface area contributed by atoms with E-state index in [-0.39, 0.29) is 5.70 Å². The molecule has 0 spiro atoms. The molecular formula is C26H25ClN2O4. The van der Waals surface area contributed by atoms with Crippen molar-refractivity contribution in [2.75, 3.05) is 19.5 Å². The Bertz CT molecular complexity index is 1180. The zero-order valence-electron chi connectivity index (χ0n) is 18.9. The number of aryl methyl sites for hydroxylation is 2. The average Bonchev–Trinajstić information content (AvgIpc) is 2.78. The number of methoxy groups -OCH3 is 2. The molecule has 0 saturated carbocycles. The largest absolute Gasteiger partial charge is 0.493 e. The number of hydrogen-bond donors (Lipinski definition) is 2. The lowest BCUT2D eigenvalue weighted by Crippen LogP contribution is -2.30. The third kappa shape index (κ3) is 6.37. The van der Waals surface area contributed by atoms with Gasteiger partial charge in [0.1, 0.15) is 5.70 Å². The van der Waals surface area contributed by atoms with Gasteiger partial charge in [0, 0.05) is 16.3 Å². The van der Waals surface area contributed by atoms with Gasteiger partial charge in [0.15, 0.2) is 11.5 Å². The lowest BCUT2D eigenvalue weighted by atomic mass is 10.1. The minimum absolute atomic E-state index is 0.0707. The number of nitrogens with one attached hydrogen (secondary N) is 2. The van der Waals surface area contributed by atoms with E-state index in [2.05, 4.69) is 10.6 Å². The molecule has 0 radical (unpaired) electrons. The number of carbonyl (C=O) groups excluding carboxylic acids is 2. The smallest absolute Gasteiger partial charge is 0.272 e. The van der Waals surface area contributed by atoms with Crippen LogP contribution in [-0.4, -0.2) is 26.0 Å². The van der Waals surface area contributed by atoms with Crippen molar-refractivity contribution in [3.8, 4) is 11.5 Å². The molecule has 0 aliphatic carbocycles. The Balaban J connectivity index is 1.95. The lowest BCUT2D eigenvalue weighted by Gasteiger charge is -2.13. The van der Waals surface area contributed by atoms with E-state index in [1.807, 2.05) is 32.0 Å². The molecule has 3 aromatic carbocycles. The molecule has 6 nitrogen and oxygen atoms in total. The highest BCUT2D eigenvalue weighted by Crippen LogP contribution is 2.28. The number of rotatable bonds is 7. The molecule has 3 rings (SSSR count). The quantitative estimate of drug-likeness (QED) is 0.460. The van der Waals surface area contributed by atoms with Gasteiger partial charge in [0.25, 0.3) is 11.8 Å². The van der Waals surface area contributed by atoms with Crippen molar-refractivity contribution >= 4 is 35.2 Å². The molecule has 2 N–H and O–H groups in total. The van der Waals surface area contributed by atoms with E-state index in [0.717, 1.165) is 11.1 Å². The maximum Gasteiger partial charge on any atom is 0.272 e. The third-order valence-corrected chi connectivity index (χ3v) is 5.05. The van der Waals surface area contributed by atoms with Crippen molar-refractivity contribution in [2.24, 2.45) is 0 Å². The van der Waals surface area contributed by atoms with Gasteiger partial charge in [-0.2, -0.15) is 0 Å². The molecule has 0 aliphatic rings. The summed E-state index contributed by atoms with van der Waals surface area (Å²) in [6.07, 6.45) is 1.58. The summed E-state index contributed by atoms with van der Waals surface area (Å²) in [6.45, 7) is 3.90. The van der Waals surface area contributed by atoms with Crippen molar-refractivity contribution in [3.63, 3.8) is 0 Å². The first-order chi connectivity index (χ1) is 15.8. The molecule has 170 valence electrons. The fourth-order valence-corrected chi connectivity index (χ4v) is 3.43. The second-order valence-electron chi connectivity index (χ2n) is 7.46. The highest BCUT2D eigenvalue weighted by molar-refractivity contribution is 6.30. The van der Waals surface area contributed by atoms with Crippen LogP contribution in [0.1, 0.15) is 27.0 Å². The van der Waals surface area contributed by atoms with Crippen molar-refractivity contribution < 1.29 is 19.1 Å². The monoisotopic (exact) mass is 464 g/mol. The fourth-order valence-electron chi connectivity index (χ4n) is 3.31. The van der Waals surface area contributed by atoms with Crippen LogP contribution in [0.4, 0.5) is 5.69 Å². The molecule has 0 fully saturated rings. The SMILES string of the molecule is COc1ccc(C=C(NC(=O)c2ccc(Cl)cc2)C(=O)Nc2cc(C)cc(C)c2)cc1OC. The summed E-state index contributed by atoms with van der Waals surface area (Å²) >= 11 is 5.92. The molecule has 0 saturated heterocycles. The van der Waals surface area contributed by atoms with Gasteiger partial charge in [-0.1, -0.05) is 23.7 Å². The van der Waals surface area contributed by atoms with Gasteiger partial charge in [-0.3, -0.25) is 9.59 Å². The Morgan fingerprint density at radius 3 is 2.09 bits per heavy atom. The van der Waals surface area contributed by atoms with Gasteiger partial charge < -0.3 is 20.1 Å². The van der Waals surface area contributed by atoms with Crippen LogP contribution >= 0.6 is 11.6 Å². The molecule has 7 heteroatoms. The van der Waals surface area contributed by atoms with Crippen molar-refractivity contribution in [2.45, 2.75) is 13.8 Å². The van der Waals surface area contributed by atoms with E-state index in [9.17, 15) is 9.59 Å². The van der Waals surface area contributed by atoms with E-state index >= 15 is 0 Å². The average molecular weight is 465 g/mol. The summed E-state index contributed by atoms with van der Waals surface area (Å²) in [6, 6.07) is 17.4. The number of carbonyl (C=O) groups is 2. The molecule has 0 aliphatic heterocycles. The summed E-state index contributed by atoms with van der Waals surface area (Å²) in [4.78, 5) is 26.0. The molecule has 0 bridgehead atoms. The van der Waals surface area contributed by atoms with E-state index in [4.69, 9.17) is 21.1 Å². The lowest BCUT2D eigenvalue weighted by molar-refractivity contribution is -0.113. The Morgan fingerprint density at radius 1 is 0.848 bits per heavy atom. The van der Waals surface area contributed by atoms with Crippen LogP contribution in [0, 0.1) is 13.8 Å². The minimum Gasteiger partial charge on any atom is -0.493 e. The Hall–Kier alpha value is -3.77.